The van der Waals surface area contributed by atoms with Gasteiger partial charge in [0.05, 0.1) is 20.8 Å². The van der Waals surface area contributed by atoms with E-state index in [-0.39, 0.29) is 29.4 Å². The molecule has 2 aromatic carbocycles. The molecule has 1 aliphatic carbocycles. The van der Waals surface area contributed by atoms with Crippen LogP contribution in [0.25, 0.3) is 0 Å². The molecule has 0 saturated heterocycles. The van der Waals surface area contributed by atoms with E-state index in [1.807, 2.05) is 18.2 Å². The third-order valence-corrected chi connectivity index (χ3v) is 5.38. The molecule has 6 heteroatoms. The summed E-state index contributed by atoms with van der Waals surface area (Å²) in [4.78, 5) is 4.48. The normalized spacial score (nSPS) is 18.6. The molecule has 0 spiro atoms. The van der Waals surface area contributed by atoms with Crippen molar-refractivity contribution in [2.24, 2.45) is 10.7 Å². The van der Waals surface area contributed by atoms with Crippen molar-refractivity contribution in [3.8, 4) is 11.5 Å². The lowest BCUT2D eigenvalue weighted by molar-refractivity contribution is 0.354. The molecule has 0 radical (unpaired) electrons. The number of guanidine groups is 1. The van der Waals surface area contributed by atoms with Crippen LogP contribution in [0.4, 0.5) is 0 Å². The van der Waals surface area contributed by atoms with Gasteiger partial charge < -0.3 is 20.5 Å². The largest absolute Gasteiger partial charge is 0.493 e. The Labute approximate surface area is 184 Å². The Bertz CT molecular complexity index is 825. The molecular formula is C22H30IN3O2. The lowest BCUT2D eigenvalue weighted by Crippen LogP contribution is -2.43. The standard InChI is InChI=1S/C22H29N3O2.HI/c1-22(12-6-8-17-7-4-5-9-18(17)22)15-25-21(23)24-14-16-10-11-19(26-2)20(13-16)27-3;/h4-5,7,9-11,13H,6,8,12,14-15H2,1-3H3,(H3,23,24,25);1H. The van der Waals surface area contributed by atoms with Gasteiger partial charge in [-0.05, 0) is 48.1 Å². The molecule has 1 unspecified atom stereocenters. The van der Waals surface area contributed by atoms with E-state index >= 15 is 0 Å². The highest BCUT2D eigenvalue weighted by Gasteiger charge is 2.31. The zero-order valence-corrected chi connectivity index (χ0v) is 19.2. The fourth-order valence-corrected chi connectivity index (χ4v) is 3.81. The van der Waals surface area contributed by atoms with Gasteiger partial charge in [0.15, 0.2) is 17.5 Å². The van der Waals surface area contributed by atoms with Crippen LogP contribution in [0.1, 0.15) is 36.5 Å². The number of fused-ring (bicyclic) bond motifs is 1. The molecule has 0 aliphatic heterocycles. The number of nitrogens with one attached hydrogen (secondary N) is 1. The van der Waals surface area contributed by atoms with Gasteiger partial charge in [-0.15, -0.1) is 24.0 Å². The van der Waals surface area contributed by atoms with Crippen molar-refractivity contribution in [2.75, 3.05) is 20.8 Å². The number of halogens is 1. The van der Waals surface area contributed by atoms with Crippen LogP contribution >= 0.6 is 24.0 Å². The summed E-state index contributed by atoms with van der Waals surface area (Å²) < 4.78 is 10.6. The third kappa shape index (κ3) is 5.10. The summed E-state index contributed by atoms with van der Waals surface area (Å²) in [5, 5.41) is 3.33. The second kappa shape index (κ2) is 10.0. The van der Waals surface area contributed by atoms with Crippen molar-refractivity contribution in [3.05, 3.63) is 59.2 Å². The molecule has 28 heavy (non-hydrogen) atoms. The monoisotopic (exact) mass is 495 g/mol. The van der Waals surface area contributed by atoms with Gasteiger partial charge >= 0.3 is 0 Å². The highest BCUT2D eigenvalue weighted by atomic mass is 127. The molecule has 3 N–H and O–H groups in total. The Morgan fingerprint density at radius 2 is 1.89 bits per heavy atom. The molecule has 5 nitrogen and oxygen atoms in total. The van der Waals surface area contributed by atoms with Crippen molar-refractivity contribution in [2.45, 2.75) is 38.1 Å². The van der Waals surface area contributed by atoms with Crippen molar-refractivity contribution < 1.29 is 9.47 Å². The zero-order valence-electron chi connectivity index (χ0n) is 16.8. The lowest BCUT2D eigenvalue weighted by Gasteiger charge is -2.36. The van der Waals surface area contributed by atoms with Gasteiger partial charge in [-0.25, -0.2) is 4.99 Å². The van der Waals surface area contributed by atoms with Crippen molar-refractivity contribution in [1.29, 1.82) is 0 Å². The highest BCUT2D eigenvalue weighted by molar-refractivity contribution is 14.0. The number of aliphatic imine (C=N–C) groups is 1. The molecule has 152 valence electrons. The number of hydrogen-bond acceptors (Lipinski definition) is 3. The van der Waals surface area contributed by atoms with Gasteiger partial charge in [0.2, 0.25) is 0 Å². The maximum Gasteiger partial charge on any atom is 0.188 e. The number of aryl methyl sites for hydroxylation is 1. The molecule has 0 heterocycles. The van der Waals surface area contributed by atoms with E-state index in [0.717, 1.165) is 24.9 Å². The quantitative estimate of drug-likeness (QED) is 0.361. The first-order valence-electron chi connectivity index (χ1n) is 9.39. The minimum Gasteiger partial charge on any atom is -0.493 e. The summed E-state index contributed by atoms with van der Waals surface area (Å²) in [6.07, 6.45) is 3.52. The Balaban J connectivity index is 0.00000280. The van der Waals surface area contributed by atoms with Gasteiger partial charge in [0.25, 0.3) is 0 Å². The molecule has 3 rings (SSSR count). The van der Waals surface area contributed by atoms with Gasteiger partial charge in [0, 0.05) is 12.0 Å². The third-order valence-electron chi connectivity index (χ3n) is 5.38. The van der Waals surface area contributed by atoms with E-state index in [9.17, 15) is 0 Å². The first-order valence-corrected chi connectivity index (χ1v) is 9.39. The maximum absolute atomic E-state index is 6.13. The summed E-state index contributed by atoms with van der Waals surface area (Å²) >= 11 is 0. The van der Waals surface area contributed by atoms with Crippen molar-refractivity contribution >= 4 is 29.9 Å². The summed E-state index contributed by atoms with van der Waals surface area (Å²) in [5.74, 6) is 1.87. The summed E-state index contributed by atoms with van der Waals surface area (Å²) in [6.45, 7) is 3.58. The number of benzene rings is 2. The molecule has 2 aromatic rings. The molecule has 1 aliphatic rings. The Hall–Kier alpha value is -1.96. The van der Waals surface area contributed by atoms with Gasteiger partial charge in [-0.2, -0.15) is 0 Å². The van der Waals surface area contributed by atoms with Crippen LogP contribution in [0.15, 0.2) is 47.5 Å². The number of methoxy groups -OCH3 is 2. The van der Waals surface area contributed by atoms with Crippen LogP contribution in [0.5, 0.6) is 11.5 Å². The maximum atomic E-state index is 6.13. The molecule has 0 amide bonds. The van der Waals surface area contributed by atoms with E-state index in [1.54, 1.807) is 14.2 Å². The van der Waals surface area contributed by atoms with Crippen LogP contribution in [0.3, 0.4) is 0 Å². The van der Waals surface area contributed by atoms with E-state index in [4.69, 9.17) is 15.2 Å². The first-order chi connectivity index (χ1) is 13.1. The van der Waals surface area contributed by atoms with Crippen LogP contribution in [-0.4, -0.2) is 26.7 Å². The Morgan fingerprint density at radius 1 is 1.14 bits per heavy atom. The average Bonchev–Trinajstić information content (AvgIpc) is 2.71. The van der Waals surface area contributed by atoms with Crippen LogP contribution in [0, 0.1) is 0 Å². The molecule has 1 atom stereocenters. The second-order valence-corrected chi connectivity index (χ2v) is 7.32. The number of nitrogens with two attached hydrogens (primary N) is 1. The molecule has 0 bridgehead atoms. The fraction of sp³-hybridized carbons (Fsp3) is 0.409. The van der Waals surface area contributed by atoms with Gasteiger partial charge in [-0.3, -0.25) is 0 Å². The van der Waals surface area contributed by atoms with Gasteiger partial charge in [-0.1, -0.05) is 37.3 Å². The number of rotatable bonds is 6. The van der Waals surface area contributed by atoms with Crippen LogP contribution in [-0.2, 0) is 18.4 Å². The average molecular weight is 495 g/mol. The minimum absolute atomic E-state index is 0. The van der Waals surface area contributed by atoms with E-state index < -0.39 is 0 Å². The fourth-order valence-electron chi connectivity index (χ4n) is 3.81. The second-order valence-electron chi connectivity index (χ2n) is 7.32. The molecular weight excluding hydrogens is 465 g/mol. The Morgan fingerprint density at radius 3 is 2.64 bits per heavy atom. The lowest BCUT2D eigenvalue weighted by atomic mass is 9.71. The summed E-state index contributed by atoms with van der Waals surface area (Å²) in [7, 11) is 3.26. The first kappa shape index (κ1) is 22.3. The predicted octanol–water partition coefficient (Wildman–Crippen LogP) is 4.02. The summed E-state index contributed by atoms with van der Waals surface area (Å²) in [6, 6.07) is 14.5. The number of hydrogen-bond donors (Lipinski definition) is 2. The van der Waals surface area contributed by atoms with E-state index in [1.165, 1.54) is 17.5 Å². The van der Waals surface area contributed by atoms with Crippen molar-refractivity contribution in [1.82, 2.24) is 5.32 Å². The molecule has 0 aromatic heterocycles. The molecule has 0 fully saturated rings. The van der Waals surface area contributed by atoms with Crippen LogP contribution < -0.4 is 20.5 Å². The predicted molar refractivity (Wildman–Crippen MR) is 125 cm³/mol. The summed E-state index contributed by atoms with van der Waals surface area (Å²) in [5.41, 5.74) is 10.1. The van der Waals surface area contributed by atoms with Gasteiger partial charge in [0.1, 0.15) is 0 Å². The number of ether oxygens (including phenoxy) is 2. The minimum atomic E-state index is 0. The highest BCUT2D eigenvalue weighted by Crippen LogP contribution is 2.36. The molecule has 0 saturated carbocycles. The number of nitrogens with zero attached hydrogens (tertiary/aromatic N) is 1. The SMILES string of the molecule is COc1ccc(CN=C(N)NCC2(C)CCCc3ccccc32)cc1OC.I. The Kier molecular flexibility index (Phi) is 7.98. The van der Waals surface area contributed by atoms with E-state index in [2.05, 4.69) is 41.5 Å². The topological polar surface area (TPSA) is 68.9 Å². The smallest absolute Gasteiger partial charge is 0.188 e. The zero-order chi connectivity index (χ0) is 19.3. The van der Waals surface area contributed by atoms with E-state index in [0.29, 0.717) is 24.0 Å². The van der Waals surface area contributed by atoms with Crippen LogP contribution in [0.2, 0.25) is 0 Å². The van der Waals surface area contributed by atoms with Crippen molar-refractivity contribution in [3.63, 3.8) is 0 Å².